The van der Waals surface area contributed by atoms with E-state index >= 15 is 0 Å². The summed E-state index contributed by atoms with van der Waals surface area (Å²) in [4.78, 5) is 43.0. The number of anilines is 2. The van der Waals surface area contributed by atoms with Crippen LogP contribution in [0, 0.1) is 5.92 Å². The molecule has 11 heteroatoms. The minimum atomic E-state index is -2.79. The Kier molecular flexibility index (Phi) is 8.97. The molecule has 0 bridgehead atoms. The van der Waals surface area contributed by atoms with Gasteiger partial charge in [-0.3, -0.25) is 14.3 Å². The lowest BCUT2D eigenvalue weighted by molar-refractivity contribution is -0.146. The van der Waals surface area contributed by atoms with Gasteiger partial charge in [-0.15, -0.1) is 5.10 Å². The van der Waals surface area contributed by atoms with Gasteiger partial charge in [0.25, 0.3) is 5.91 Å². The van der Waals surface area contributed by atoms with Gasteiger partial charge in [0, 0.05) is 61.4 Å². The fourth-order valence-electron chi connectivity index (χ4n) is 7.83. The Hall–Kier alpha value is -3.38. The summed E-state index contributed by atoms with van der Waals surface area (Å²) in [6.45, 7) is 7.51. The number of ether oxygens (including phenoxy) is 1. The van der Waals surface area contributed by atoms with Crippen molar-refractivity contribution in [3.8, 4) is 0 Å². The number of benzene rings is 2. The number of aromatic nitrogens is 3. The Labute approximate surface area is 266 Å². The predicted molar refractivity (Wildman–Crippen MR) is 174 cm³/mol. The second-order valence-corrected chi connectivity index (χ2v) is 17.4. The average molecular weight is 632 g/mol. The molecule has 6 rings (SSSR count). The quantitative estimate of drug-likeness (QED) is 0.333. The normalized spacial score (nSPS) is 25.6. The molecule has 4 atom stereocenters. The zero-order chi connectivity index (χ0) is 31.8. The molecule has 240 valence electrons. The summed E-state index contributed by atoms with van der Waals surface area (Å²) in [7, 11) is -2.79. The van der Waals surface area contributed by atoms with E-state index in [2.05, 4.69) is 17.2 Å². The molecule has 4 heterocycles. The number of carbonyl (C=O) groups excluding carboxylic acids is 2. The molecule has 1 aromatic heterocycles. The van der Waals surface area contributed by atoms with E-state index in [1.807, 2.05) is 77.6 Å². The predicted octanol–water partition coefficient (Wildman–Crippen LogP) is 4.54. The first-order valence-electron chi connectivity index (χ1n) is 16.3. The summed E-state index contributed by atoms with van der Waals surface area (Å²) in [5.74, 6) is -0.204. The van der Waals surface area contributed by atoms with E-state index in [9.17, 15) is 19.5 Å². The van der Waals surface area contributed by atoms with Gasteiger partial charge in [0.1, 0.15) is 0 Å². The van der Waals surface area contributed by atoms with Crippen LogP contribution in [0.3, 0.4) is 0 Å². The van der Waals surface area contributed by atoms with Gasteiger partial charge in [0.15, 0.2) is 13.9 Å². The number of aryl methyl sites for hydroxylation is 1. The zero-order valence-electron chi connectivity index (χ0n) is 26.6. The van der Waals surface area contributed by atoms with Gasteiger partial charge in [0.05, 0.1) is 24.0 Å². The second kappa shape index (κ2) is 12.8. The van der Waals surface area contributed by atoms with Gasteiger partial charge in [-0.05, 0) is 56.1 Å². The molecule has 2 N–H and O–H groups in total. The third-order valence-electron chi connectivity index (χ3n) is 9.87. The third kappa shape index (κ3) is 5.98. The first kappa shape index (κ1) is 31.6. The molecule has 1 spiro atoms. The van der Waals surface area contributed by atoms with Crippen molar-refractivity contribution in [1.82, 2.24) is 15.0 Å². The summed E-state index contributed by atoms with van der Waals surface area (Å²) in [6.07, 6.45) is 7.18. The van der Waals surface area contributed by atoms with Crippen molar-refractivity contribution >= 4 is 31.5 Å². The highest BCUT2D eigenvalue weighted by Gasteiger charge is 2.66. The summed E-state index contributed by atoms with van der Waals surface area (Å²) in [5.41, 5.74) is 2.82. The lowest BCUT2D eigenvalue weighted by Gasteiger charge is -2.32. The molecule has 2 aromatic carbocycles. The Bertz CT molecular complexity index is 1540. The number of amides is 2. The van der Waals surface area contributed by atoms with Crippen LogP contribution in [0.5, 0.6) is 0 Å². The van der Waals surface area contributed by atoms with Crippen LogP contribution >= 0.6 is 0 Å². The minimum Gasteiger partial charge on any atom is -0.432 e. The second-order valence-electron chi connectivity index (χ2n) is 13.4. The van der Waals surface area contributed by atoms with E-state index < -0.39 is 13.9 Å². The highest BCUT2D eigenvalue weighted by molar-refractivity contribution is 6.71. The van der Waals surface area contributed by atoms with Crippen LogP contribution in [0.15, 0.2) is 54.7 Å². The van der Waals surface area contributed by atoms with Crippen molar-refractivity contribution < 1.29 is 24.2 Å². The number of carbonyl (C=O) groups is 2. The maximum Gasteiger partial charge on any atom is 0.264 e. The van der Waals surface area contributed by atoms with E-state index in [0.29, 0.717) is 38.9 Å². The van der Waals surface area contributed by atoms with E-state index in [0.717, 1.165) is 53.9 Å². The molecule has 2 saturated heterocycles. The lowest BCUT2D eigenvalue weighted by Crippen LogP contribution is -2.46. The molecular formula is C34H45N5O5Si. The molecule has 3 aliphatic heterocycles. The van der Waals surface area contributed by atoms with E-state index in [1.165, 1.54) is 0 Å². The van der Waals surface area contributed by atoms with E-state index in [1.54, 1.807) is 4.68 Å². The van der Waals surface area contributed by atoms with Crippen LogP contribution < -0.4 is 9.80 Å². The minimum absolute atomic E-state index is 0.00946. The van der Waals surface area contributed by atoms with Crippen molar-refractivity contribution in [2.75, 3.05) is 23.0 Å². The largest absolute Gasteiger partial charge is 0.432 e. The topological polar surface area (TPSA) is 121 Å². The number of hydrogen-bond acceptors (Lipinski definition) is 7. The van der Waals surface area contributed by atoms with Crippen molar-refractivity contribution in [2.45, 2.75) is 95.3 Å². The fourth-order valence-corrected chi connectivity index (χ4v) is 10.4. The summed E-state index contributed by atoms with van der Waals surface area (Å²) >= 11 is 0. The Morgan fingerprint density at radius 2 is 1.87 bits per heavy atom. The van der Waals surface area contributed by atoms with Crippen LogP contribution in [0.4, 0.5) is 11.4 Å². The van der Waals surface area contributed by atoms with Crippen LogP contribution in [-0.2, 0) is 39.4 Å². The van der Waals surface area contributed by atoms with Crippen molar-refractivity contribution in [3.63, 3.8) is 0 Å². The maximum absolute atomic E-state index is 14.7. The molecule has 0 saturated carbocycles. The molecular weight excluding hydrogens is 586 g/mol. The molecule has 0 aliphatic carbocycles. The molecule has 10 nitrogen and oxygen atoms in total. The number of nitrogens with zero attached hydrogens (tertiary/aromatic N) is 5. The molecule has 2 fully saturated rings. The Morgan fingerprint density at radius 1 is 1.07 bits per heavy atom. The van der Waals surface area contributed by atoms with E-state index in [-0.39, 0.29) is 36.0 Å². The molecule has 3 aliphatic rings. The average Bonchev–Trinajstić information content (AvgIpc) is 3.64. The number of fused-ring (bicyclic) bond motifs is 2. The monoisotopic (exact) mass is 631 g/mol. The number of aliphatic hydroxyl groups excluding tert-OH is 1. The first-order valence-corrected chi connectivity index (χ1v) is 19.4. The van der Waals surface area contributed by atoms with Crippen LogP contribution in [-0.4, -0.2) is 64.3 Å². The van der Waals surface area contributed by atoms with Gasteiger partial charge in [0.2, 0.25) is 5.91 Å². The Morgan fingerprint density at radius 3 is 2.67 bits per heavy atom. The number of rotatable bonds is 9. The van der Waals surface area contributed by atoms with Crippen LogP contribution in [0.25, 0.3) is 0 Å². The van der Waals surface area contributed by atoms with E-state index in [4.69, 9.17) is 4.74 Å². The third-order valence-corrected chi connectivity index (χ3v) is 12.4. The highest BCUT2D eigenvalue weighted by Crippen LogP contribution is 2.59. The van der Waals surface area contributed by atoms with Gasteiger partial charge in [-0.1, -0.05) is 55.3 Å². The molecule has 3 aromatic rings. The van der Waals surface area contributed by atoms with Gasteiger partial charge >= 0.3 is 0 Å². The molecule has 0 radical (unpaired) electrons. The van der Waals surface area contributed by atoms with Crippen LogP contribution in [0.2, 0.25) is 18.6 Å². The van der Waals surface area contributed by atoms with Gasteiger partial charge < -0.3 is 24.4 Å². The molecule has 0 unspecified atom stereocenters. The standard InChI is InChI=1S/C34H45N5O5Si/c1-24-32(45(2,3)43)30(16-19-37-23-26(17-20-40)35-36-37)44-34(24)28-13-7-8-14-29(28)39(33(34)42)22-25-11-10-12-27(21-25)38-18-9-5-4-6-15-31(38)41/h7-8,10-14,21,23-24,30,32,40,43H,4-6,9,15-20,22H2,1-3H3/t24-,30+,32-,34+/m1/s1. The summed E-state index contributed by atoms with van der Waals surface area (Å²) in [6, 6.07) is 15.9. The number of para-hydroxylation sites is 1. The first-order chi connectivity index (χ1) is 21.6. The summed E-state index contributed by atoms with van der Waals surface area (Å²) < 4.78 is 8.68. The highest BCUT2D eigenvalue weighted by atomic mass is 28.4. The summed E-state index contributed by atoms with van der Waals surface area (Å²) in [5, 5.41) is 17.6. The lowest BCUT2D eigenvalue weighted by atomic mass is 9.82. The van der Waals surface area contributed by atoms with Crippen molar-refractivity contribution in [3.05, 3.63) is 71.5 Å². The zero-order valence-corrected chi connectivity index (χ0v) is 27.6. The van der Waals surface area contributed by atoms with Gasteiger partial charge in [-0.2, -0.15) is 0 Å². The molecule has 2 amide bonds. The SMILES string of the molecule is C[C@@H]1[C@@H]([Si](C)(C)O)[C@H](CCn2cc(CCO)nn2)O[C@@]12C(=O)N(Cc1cccc(N3CCCCCCC3=O)c1)c1ccccc12. The molecule has 45 heavy (non-hydrogen) atoms. The fraction of sp³-hybridized carbons (Fsp3) is 0.529. The number of aliphatic hydroxyl groups is 1. The Balaban J connectivity index is 1.29. The number of hydrogen-bond donors (Lipinski definition) is 2. The van der Waals surface area contributed by atoms with Crippen LogP contribution in [0.1, 0.15) is 62.3 Å². The van der Waals surface area contributed by atoms with Crippen molar-refractivity contribution in [2.24, 2.45) is 5.92 Å². The maximum atomic E-state index is 14.7. The van der Waals surface area contributed by atoms with Crippen molar-refractivity contribution in [1.29, 1.82) is 0 Å². The smallest absolute Gasteiger partial charge is 0.264 e. The van der Waals surface area contributed by atoms with Gasteiger partial charge in [-0.25, -0.2) is 0 Å².